The van der Waals surface area contributed by atoms with Gasteiger partial charge in [0.15, 0.2) is 0 Å². The predicted octanol–water partition coefficient (Wildman–Crippen LogP) is 4.75. The Hall–Kier alpha value is -1.55. The number of rotatable bonds is 6. The van der Waals surface area contributed by atoms with Crippen LogP contribution in [0.25, 0.3) is 0 Å². The summed E-state index contributed by atoms with van der Waals surface area (Å²) in [6.45, 7) is 3.38. The summed E-state index contributed by atoms with van der Waals surface area (Å²) in [5.41, 5.74) is 2.43. The Balaban J connectivity index is 1.66. The van der Waals surface area contributed by atoms with Crippen LogP contribution in [0.2, 0.25) is 10.0 Å². The summed E-state index contributed by atoms with van der Waals surface area (Å²) in [6, 6.07) is 16.4. The Morgan fingerprint density at radius 1 is 1.11 bits per heavy atom. The van der Waals surface area contributed by atoms with Crippen LogP contribution in [0.15, 0.2) is 48.5 Å². The number of carbonyl (C=O) groups excluding carboxylic acids is 1. The lowest BCUT2D eigenvalue weighted by atomic mass is 9.90. The van der Waals surface area contributed by atoms with Gasteiger partial charge in [-0.25, -0.2) is 0 Å². The maximum atomic E-state index is 12.2. The van der Waals surface area contributed by atoms with E-state index >= 15 is 0 Å². The molecule has 144 valence electrons. The molecule has 1 aliphatic rings. The number of hydrogen-bond acceptors (Lipinski definition) is 2. The third-order valence-electron chi connectivity index (χ3n) is 5.25. The van der Waals surface area contributed by atoms with Crippen molar-refractivity contribution >= 4 is 29.1 Å². The molecule has 0 radical (unpaired) electrons. The molecule has 2 aromatic rings. The fourth-order valence-electron chi connectivity index (χ4n) is 3.90. The molecule has 0 spiro atoms. The Labute approximate surface area is 171 Å². The van der Waals surface area contributed by atoms with E-state index in [9.17, 15) is 4.79 Å². The third-order valence-corrected chi connectivity index (χ3v) is 5.74. The van der Waals surface area contributed by atoms with E-state index in [1.165, 1.54) is 11.1 Å². The van der Waals surface area contributed by atoms with Crippen LogP contribution in [0.4, 0.5) is 0 Å². The van der Waals surface area contributed by atoms with Crippen LogP contribution in [-0.4, -0.2) is 36.0 Å². The van der Waals surface area contributed by atoms with Gasteiger partial charge in [0, 0.05) is 29.6 Å². The van der Waals surface area contributed by atoms with Crippen LogP contribution in [0, 0.1) is 0 Å². The van der Waals surface area contributed by atoms with Gasteiger partial charge >= 0.3 is 0 Å². The smallest absolute Gasteiger partial charge is 0.219 e. The van der Waals surface area contributed by atoms with Gasteiger partial charge in [-0.05, 0) is 67.6 Å². The number of carbonyl (C=O) groups is 1. The molecule has 0 saturated carbocycles. The lowest BCUT2D eigenvalue weighted by Gasteiger charge is -2.41. The molecule has 2 atom stereocenters. The highest BCUT2D eigenvalue weighted by atomic mass is 35.5. The molecule has 3 rings (SSSR count). The van der Waals surface area contributed by atoms with Gasteiger partial charge in [0.1, 0.15) is 0 Å². The summed E-state index contributed by atoms with van der Waals surface area (Å²) in [5.74, 6) is 0.145. The second-order valence-corrected chi connectivity index (χ2v) is 8.07. The highest BCUT2D eigenvalue weighted by Gasteiger charge is 2.32. The molecule has 5 heteroatoms. The third kappa shape index (κ3) is 5.71. The number of hydrogen-bond donors (Lipinski definition) is 1. The van der Waals surface area contributed by atoms with Crippen LogP contribution in [0.5, 0.6) is 0 Å². The van der Waals surface area contributed by atoms with Crippen molar-refractivity contribution < 1.29 is 4.79 Å². The van der Waals surface area contributed by atoms with E-state index in [1.807, 2.05) is 35.2 Å². The SMILES string of the molecule is CC(=O)N1CCC[C@H](NCCc2ccc(Cl)cc2)[C@@H]1Cc1cccc(Cl)c1. The van der Waals surface area contributed by atoms with Gasteiger partial charge in [0.05, 0.1) is 6.04 Å². The zero-order valence-corrected chi connectivity index (χ0v) is 17.1. The van der Waals surface area contributed by atoms with E-state index in [4.69, 9.17) is 23.2 Å². The Kier molecular flexibility index (Phi) is 7.17. The number of amides is 1. The average molecular weight is 405 g/mol. The zero-order valence-electron chi connectivity index (χ0n) is 15.6. The molecule has 1 amide bonds. The zero-order chi connectivity index (χ0) is 19.2. The molecule has 1 heterocycles. The van der Waals surface area contributed by atoms with Gasteiger partial charge in [-0.2, -0.15) is 0 Å². The molecular weight excluding hydrogens is 379 g/mol. The molecule has 3 nitrogen and oxygen atoms in total. The van der Waals surface area contributed by atoms with Gasteiger partial charge in [0.25, 0.3) is 0 Å². The predicted molar refractivity (Wildman–Crippen MR) is 113 cm³/mol. The maximum absolute atomic E-state index is 12.2. The van der Waals surface area contributed by atoms with Crippen molar-refractivity contribution in [3.8, 4) is 0 Å². The molecule has 0 aliphatic carbocycles. The number of nitrogens with zero attached hydrogens (tertiary/aromatic N) is 1. The standard InChI is InChI=1S/C22H26Cl2N2O/c1-16(27)26-13-3-6-21(22(26)15-18-4-2-5-20(24)14-18)25-12-11-17-7-9-19(23)10-8-17/h2,4-5,7-10,14,21-22,25H,3,6,11-13,15H2,1H3/t21-,22-/m0/s1. The van der Waals surface area contributed by atoms with Gasteiger partial charge in [-0.1, -0.05) is 47.5 Å². The molecule has 0 unspecified atom stereocenters. The number of nitrogens with one attached hydrogen (secondary N) is 1. The lowest BCUT2D eigenvalue weighted by Crippen LogP contribution is -2.56. The van der Waals surface area contributed by atoms with E-state index in [2.05, 4.69) is 23.5 Å². The Bertz CT molecular complexity index is 763. The largest absolute Gasteiger partial charge is 0.338 e. The van der Waals surface area contributed by atoms with Crippen LogP contribution >= 0.6 is 23.2 Å². The minimum absolute atomic E-state index is 0.145. The lowest BCUT2D eigenvalue weighted by molar-refractivity contribution is -0.133. The van der Waals surface area contributed by atoms with Crippen LogP contribution in [0.3, 0.4) is 0 Å². The summed E-state index contributed by atoms with van der Waals surface area (Å²) in [4.78, 5) is 14.2. The van der Waals surface area contributed by atoms with Crippen molar-refractivity contribution in [1.29, 1.82) is 0 Å². The molecule has 1 N–H and O–H groups in total. The fraction of sp³-hybridized carbons (Fsp3) is 0.409. The van der Waals surface area contributed by atoms with Gasteiger partial charge in [-0.15, -0.1) is 0 Å². The molecular formula is C22H26Cl2N2O. The first-order chi connectivity index (χ1) is 13.0. The van der Waals surface area contributed by atoms with Crippen molar-refractivity contribution in [3.05, 3.63) is 69.7 Å². The second kappa shape index (κ2) is 9.59. The highest BCUT2D eigenvalue weighted by molar-refractivity contribution is 6.30. The molecule has 0 aromatic heterocycles. The van der Waals surface area contributed by atoms with Crippen molar-refractivity contribution in [2.75, 3.05) is 13.1 Å². The maximum Gasteiger partial charge on any atom is 0.219 e. The molecule has 27 heavy (non-hydrogen) atoms. The van der Waals surface area contributed by atoms with Gasteiger partial charge in [0.2, 0.25) is 5.91 Å². The van der Waals surface area contributed by atoms with Crippen LogP contribution < -0.4 is 5.32 Å². The van der Waals surface area contributed by atoms with Crippen LogP contribution in [-0.2, 0) is 17.6 Å². The summed E-state index contributed by atoms with van der Waals surface area (Å²) in [7, 11) is 0. The molecule has 1 aliphatic heterocycles. The van der Waals surface area contributed by atoms with Crippen molar-refractivity contribution in [3.63, 3.8) is 0 Å². The summed E-state index contributed by atoms with van der Waals surface area (Å²) < 4.78 is 0. The van der Waals surface area contributed by atoms with Crippen molar-refractivity contribution in [2.45, 2.75) is 44.7 Å². The van der Waals surface area contributed by atoms with Crippen molar-refractivity contribution in [1.82, 2.24) is 10.2 Å². The number of piperidine rings is 1. The minimum atomic E-state index is 0.145. The first-order valence-corrected chi connectivity index (χ1v) is 10.3. The molecule has 1 fully saturated rings. The minimum Gasteiger partial charge on any atom is -0.338 e. The molecule has 2 aromatic carbocycles. The van der Waals surface area contributed by atoms with E-state index < -0.39 is 0 Å². The first kappa shape index (κ1) is 20.2. The summed E-state index contributed by atoms with van der Waals surface area (Å²) >= 11 is 12.1. The average Bonchev–Trinajstić information content (AvgIpc) is 2.64. The van der Waals surface area contributed by atoms with E-state index in [0.29, 0.717) is 0 Å². The van der Waals surface area contributed by atoms with Gasteiger partial charge < -0.3 is 10.2 Å². The Morgan fingerprint density at radius 2 is 1.89 bits per heavy atom. The Morgan fingerprint density at radius 3 is 2.59 bits per heavy atom. The van der Waals surface area contributed by atoms with E-state index in [-0.39, 0.29) is 18.0 Å². The van der Waals surface area contributed by atoms with E-state index in [1.54, 1.807) is 6.92 Å². The number of halogens is 2. The number of benzene rings is 2. The highest BCUT2D eigenvalue weighted by Crippen LogP contribution is 2.23. The second-order valence-electron chi connectivity index (χ2n) is 7.19. The summed E-state index contributed by atoms with van der Waals surface area (Å²) in [5, 5.41) is 5.20. The topological polar surface area (TPSA) is 32.3 Å². The van der Waals surface area contributed by atoms with Crippen LogP contribution in [0.1, 0.15) is 30.9 Å². The normalized spacial score (nSPS) is 19.9. The first-order valence-electron chi connectivity index (χ1n) is 9.52. The molecule has 1 saturated heterocycles. The summed E-state index contributed by atoms with van der Waals surface area (Å²) in [6.07, 6.45) is 3.87. The fourth-order valence-corrected chi connectivity index (χ4v) is 4.24. The number of likely N-dealkylation sites (tertiary alicyclic amines) is 1. The monoisotopic (exact) mass is 404 g/mol. The van der Waals surface area contributed by atoms with Gasteiger partial charge in [-0.3, -0.25) is 4.79 Å². The molecule has 0 bridgehead atoms. The quantitative estimate of drug-likeness (QED) is 0.753. The van der Waals surface area contributed by atoms with Crippen molar-refractivity contribution in [2.24, 2.45) is 0 Å². The van der Waals surface area contributed by atoms with E-state index in [0.717, 1.165) is 48.8 Å².